The maximum atomic E-state index is 6.14. The van der Waals surface area contributed by atoms with Gasteiger partial charge in [-0.1, -0.05) is 29.8 Å². The van der Waals surface area contributed by atoms with E-state index in [1.54, 1.807) is 0 Å². The topological polar surface area (TPSA) is 21.3 Å². The fraction of sp³-hybridized carbons (Fsp3) is 0.647. The summed E-state index contributed by atoms with van der Waals surface area (Å²) in [6.07, 6.45) is 1.05. The van der Waals surface area contributed by atoms with Crippen molar-refractivity contribution in [1.29, 1.82) is 0 Å². The molecule has 1 unspecified atom stereocenters. The fourth-order valence-corrected chi connectivity index (χ4v) is 3.08. The summed E-state index contributed by atoms with van der Waals surface area (Å²) in [6, 6.07) is 9.50. The molecule has 1 saturated heterocycles. The lowest BCUT2D eigenvalue weighted by Gasteiger charge is -2.30. The summed E-state index contributed by atoms with van der Waals surface area (Å²) in [6.45, 7) is 13.1. The van der Waals surface area contributed by atoms with Crippen LogP contribution in [0.25, 0.3) is 0 Å². The molecule has 0 amide bonds. The van der Waals surface area contributed by atoms with Crippen molar-refractivity contribution in [3.63, 3.8) is 0 Å². The van der Waals surface area contributed by atoms with Crippen LogP contribution in [0.2, 0.25) is 0 Å². The van der Waals surface area contributed by atoms with E-state index in [1.165, 1.54) is 11.1 Å². The van der Waals surface area contributed by atoms with E-state index in [9.17, 15) is 0 Å². The summed E-state index contributed by atoms with van der Waals surface area (Å²) in [4.78, 5) is 0. The van der Waals surface area contributed by atoms with E-state index >= 15 is 0 Å². The first-order valence-electron chi connectivity index (χ1n) is 7.22. The Morgan fingerprint density at radius 2 is 1.74 bits per heavy atom. The van der Waals surface area contributed by atoms with Gasteiger partial charge in [0, 0.05) is 12.1 Å². The molecule has 2 heteroatoms. The van der Waals surface area contributed by atoms with Gasteiger partial charge in [0.15, 0.2) is 0 Å². The van der Waals surface area contributed by atoms with Crippen LogP contribution in [0, 0.1) is 6.92 Å². The Balaban J connectivity index is 2.07. The smallest absolute Gasteiger partial charge is 0.0787 e. The zero-order valence-corrected chi connectivity index (χ0v) is 13.1. The fourth-order valence-electron chi connectivity index (χ4n) is 3.08. The van der Waals surface area contributed by atoms with Crippen LogP contribution in [-0.2, 0) is 4.74 Å². The van der Waals surface area contributed by atoms with Crippen LogP contribution in [0.5, 0.6) is 0 Å². The monoisotopic (exact) mass is 261 g/mol. The average Bonchev–Trinajstić information content (AvgIpc) is 2.47. The molecule has 19 heavy (non-hydrogen) atoms. The van der Waals surface area contributed by atoms with Gasteiger partial charge in [0.05, 0.1) is 11.2 Å². The summed E-state index contributed by atoms with van der Waals surface area (Å²) in [5.41, 5.74) is 2.50. The molecule has 1 aliphatic rings. The Bertz CT molecular complexity index is 433. The van der Waals surface area contributed by atoms with Gasteiger partial charge in [-0.25, -0.2) is 0 Å². The van der Waals surface area contributed by atoms with Gasteiger partial charge in [-0.3, -0.25) is 0 Å². The van der Waals surface area contributed by atoms with Crippen molar-refractivity contribution >= 4 is 0 Å². The van der Waals surface area contributed by atoms with Gasteiger partial charge in [-0.05, 0) is 53.5 Å². The minimum Gasteiger partial charge on any atom is -0.368 e. The highest BCUT2D eigenvalue weighted by Gasteiger charge is 2.46. The van der Waals surface area contributed by atoms with Crippen molar-refractivity contribution in [2.24, 2.45) is 0 Å². The van der Waals surface area contributed by atoms with E-state index in [0.717, 1.165) is 6.42 Å². The molecule has 1 aromatic carbocycles. The highest BCUT2D eigenvalue weighted by atomic mass is 16.5. The third-order valence-corrected chi connectivity index (χ3v) is 4.10. The molecule has 2 atom stereocenters. The van der Waals surface area contributed by atoms with Crippen LogP contribution >= 0.6 is 0 Å². The molecular weight excluding hydrogens is 234 g/mol. The van der Waals surface area contributed by atoms with Gasteiger partial charge in [-0.2, -0.15) is 0 Å². The van der Waals surface area contributed by atoms with E-state index in [0.29, 0.717) is 12.1 Å². The van der Waals surface area contributed by atoms with Crippen molar-refractivity contribution in [3.8, 4) is 0 Å². The average molecular weight is 261 g/mol. The molecule has 106 valence electrons. The van der Waals surface area contributed by atoms with Crippen molar-refractivity contribution in [2.45, 2.75) is 71.2 Å². The number of rotatable bonds is 3. The Labute approximate surface area is 117 Å². The number of hydrogen-bond acceptors (Lipinski definition) is 2. The van der Waals surface area contributed by atoms with Crippen molar-refractivity contribution in [3.05, 3.63) is 35.4 Å². The van der Waals surface area contributed by atoms with Gasteiger partial charge in [0.2, 0.25) is 0 Å². The highest BCUT2D eigenvalue weighted by molar-refractivity contribution is 5.24. The van der Waals surface area contributed by atoms with Gasteiger partial charge < -0.3 is 10.1 Å². The second-order valence-electron chi connectivity index (χ2n) is 7.02. The zero-order chi connectivity index (χ0) is 14.3. The summed E-state index contributed by atoms with van der Waals surface area (Å²) in [5.74, 6) is 0. The maximum absolute atomic E-state index is 6.14. The second-order valence-corrected chi connectivity index (χ2v) is 7.02. The maximum Gasteiger partial charge on any atom is 0.0787 e. The molecule has 0 aromatic heterocycles. The molecule has 0 aliphatic carbocycles. The summed E-state index contributed by atoms with van der Waals surface area (Å²) in [7, 11) is 0. The molecule has 1 fully saturated rings. The van der Waals surface area contributed by atoms with E-state index in [4.69, 9.17) is 4.74 Å². The van der Waals surface area contributed by atoms with E-state index in [1.807, 2.05) is 0 Å². The summed E-state index contributed by atoms with van der Waals surface area (Å²) < 4.78 is 6.14. The third-order valence-electron chi connectivity index (χ3n) is 4.10. The number of hydrogen-bond donors (Lipinski definition) is 1. The number of benzene rings is 1. The largest absolute Gasteiger partial charge is 0.368 e. The van der Waals surface area contributed by atoms with Gasteiger partial charge >= 0.3 is 0 Å². The Hall–Kier alpha value is -0.860. The number of nitrogens with one attached hydrogen (secondary N) is 1. The predicted molar refractivity (Wildman–Crippen MR) is 80.4 cm³/mol. The first-order chi connectivity index (χ1) is 8.70. The molecule has 1 aliphatic heterocycles. The second kappa shape index (κ2) is 4.92. The Morgan fingerprint density at radius 1 is 1.16 bits per heavy atom. The van der Waals surface area contributed by atoms with Crippen LogP contribution in [0.3, 0.4) is 0 Å². The first kappa shape index (κ1) is 14.5. The highest BCUT2D eigenvalue weighted by Crippen LogP contribution is 2.38. The van der Waals surface area contributed by atoms with Crippen LogP contribution in [0.4, 0.5) is 0 Å². The molecule has 1 heterocycles. The molecular formula is C17H27NO. The normalized spacial score (nSPS) is 26.3. The van der Waals surface area contributed by atoms with Crippen molar-refractivity contribution in [2.75, 3.05) is 0 Å². The molecule has 0 bridgehead atoms. The quantitative estimate of drug-likeness (QED) is 0.888. The SMILES string of the molecule is Cc1ccc([C@@H](C)NC2CC(C)(C)OC2(C)C)cc1. The lowest BCUT2D eigenvalue weighted by atomic mass is 9.93. The number of ether oxygens (including phenoxy) is 1. The molecule has 0 saturated carbocycles. The molecule has 0 spiro atoms. The zero-order valence-electron chi connectivity index (χ0n) is 13.1. The van der Waals surface area contributed by atoms with Crippen LogP contribution in [-0.4, -0.2) is 17.2 Å². The Morgan fingerprint density at radius 3 is 2.21 bits per heavy atom. The minimum atomic E-state index is -0.109. The molecule has 2 nitrogen and oxygen atoms in total. The standard InChI is InChI=1S/C17H27NO/c1-12-7-9-14(10-8-12)13(2)18-15-11-16(3,4)19-17(15,5)6/h7-10,13,15,18H,11H2,1-6H3/t13-,15?/m1/s1. The molecule has 0 radical (unpaired) electrons. The molecule has 2 rings (SSSR count). The predicted octanol–water partition coefficient (Wildman–Crippen LogP) is 3.99. The first-order valence-corrected chi connectivity index (χ1v) is 7.22. The third kappa shape index (κ3) is 3.37. The molecule has 1 aromatic rings. The molecule has 1 N–H and O–H groups in total. The van der Waals surface area contributed by atoms with Crippen LogP contribution in [0.1, 0.15) is 58.2 Å². The lowest BCUT2D eigenvalue weighted by molar-refractivity contribution is -0.0703. The summed E-state index contributed by atoms with van der Waals surface area (Å²) >= 11 is 0. The van der Waals surface area contributed by atoms with Crippen LogP contribution in [0.15, 0.2) is 24.3 Å². The van der Waals surface area contributed by atoms with Crippen molar-refractivity contribution < 1.29 is 4.74 Å². The van der Waals surface area contributed by atoms with Crippen LogP contribution < -0.4 is 5.32 Å². The number of aryl methyl sites for hydroxylation is 1. The van der Waals surface area contributed by atoms with Gasteiger partial charge in [-0.15, -0.1) is 0 Å². The lowest BCUT2D eigenvalue weighted by Crippen LogP contribution is -2.44. The van der Waals surface area contributed by atoms with E-state index in [-0.39, 0.29) is 11.2 Å². The van der Waals surface area contributed by atoms with Gasteiger partial charge in [0.1, 0.15) is 0 Å². The van der Waals surface area contributed by atoms with Gasteiger partial charge in [0.25, 0.3) is 0 Å². The Kier molecular flexibility index (Phi) is 3.76. The van der Waals surface area contributed by atoms with E-state index < -0.39 is 0 Å². The summed E-state index contributed by atoms with van der Waals surface area (Å²) in [5, 5.41) is 3.74. The minimum absolute atomic E-state index is 0.0336. The van der Waals surface area contributed by atoms with Crippen molar-refractivity contribution in [1.82, 2.24) is 5.32 Å². The van der Waals surface area contributed by atoms with E-state index in [2.05, 4.69) is 71.1 Å².